The van der Waals surface area contributed by atoms with Crippen molar-refractivity contribution in [2.75, 3.05) is 18.5 Å². The van der Waals surface area contributed by atoms with E-state index in [4.69, 9.17) is 0 Å². The van der Waals surface area contributed by atoms with Gasteiger partial charge in [0.05, 0.1) is 5.92 Å². The van der Waals surface area contributed by atoms with Crippen LogP contribution < -0.4 is 10.2 Å². The highest BCUT2D eigenvalue weighted by molar-refractivity contribution is 6.00. The summed E-state index contributed by atoms with van der Waals surface area (Å²) >= 11 is 0. The number of benzene rings is 1. The van der Waals surface area contributed by atoms with Crippen molar-refractivity contribution in [1.29, 1.82) is 0 Å². The first-order chi connectivity index (χ1) is 12.5. The summed E-state index contributed by atoms with van der Waals surface area (Å²) in [5.41, 5.74) is 2.17. The van der Waals surface area contributed by atoms with Gasteiger partial charge in [0.2, 0.25) is 11.8 Å². The molecule has 0 spiro atoms. The van der Waals surface area contributed by atoms with E-state index >= 15 is 0 Å². The number of carbonyl (C=O) groups excluding carboxylic acids is 2. The van der Waals surface area contributed by atoms with Crippen LogP contribution in [0.5, 0.6) is 0 Å². The van der Waals surface area contributed by atoms with Crippen LogP contribution in [0.4, 0.5) is 5.69 Å². The van der Waals surface area contributed by atoms with Gasteiger partial charge in [0.1, 0.15) is 0 Å². The van der Waals surface area contributed by atoms with E-state index in [1.165, 1.54) is 18.4 Å². The molecule has 3 atom stereocenters. The van der Waals surface area contributed by atoms with Crippen molar-refractivity contribution in [1.82, 2.24) is 10.2 Å². The van der Waals surface area contributed by atoms with Crippen LogP contribution in [0.1, 0.15) is 44.6 Å². The van der Waals surface area contributed by atoms with Crippen molar-refractivity contribution >= 4 is 29.9 Å². The van der Waals surface area contributed by atoms with E-state index in [2.05, 4.69) is 24.4 Å². The molecule has 3 fully saturated rings. The minimum Gasteiger partial charge on any atom is -0.342 e. The number of nitrogens with zero attached hydrogens (tertiary/aromatic N) is 2. The van der Waals surface area contributed by atoms with Crippen molar-refractivity contribution in [2.45, 2.75) is 63.6 Å². The topological polar surface area (TPSA) is 52.7 Å². The Morgan fingerprint density at radius 1 is 1.19 bits per heavy atom. The van der Waals surface area contributed by atoms with Gasteiger partial charge in [-0.05, 0) is 49.8 Å². The molecule has 1 aromatic rings. The maximum atomic E-state index is 13.0. The largest absolute Gasteiger partial charge is 0.342 e. The van der Waals surface area contributed by atoms with Crippen molar-refractivity contribution in [3.8, 4) is 0 Å². The van der Waals surface area contributed by atoms with E-state index in [1.54, 1.807) is 4.90 Å². The number of nitrogens with one attached hydrogen (secondary N) is 1. The van der Waals surface area contributed by atoms with E-state index < -0.39 is 0 Å². The number of aryl methyl sites for hydroxylation is 1. The smallest absolute Gasteiger partial charge is 0.228 e. The van der Waals surface area contributed by atoms with Crippen LogP contribution in [0.2, 0.25) is 0 Å². The van der Waals surface area contributed by atoms with Gasteiger partial charge in [0, 0.05) is 43.8 Å². The quantitative estimate of drug-likeness (QED) is 0.858. The van der Waals surface area contributed by atoms with Gasteiger partial charge in [-0.3, -0.25) is 9.59 Å². The molecule has 3 heterocycles. The number of rotatable bonds is 4. The number of halogens is 1. The molecule has 1 N–H and O–H groups in total. The maximum Gasteiger partial charge on any atom is 0.228 e. The predicted octanol–water partition coefficient (Wildman–Crippen LogP) is 2.77. The lowest BCUT2D eigenvalue weighted by Gasteiger charge is -2.36. The third-order valence-electron chi connectivity index (χ3n) is 6.47. The summed E-state index contributed by atoms with van der Waals surface area (Å²) in [4.78, 5) is 29.2. The summed E-state index contributed by atoms with van der Waals surface area (Å²) in [6, 6.07) is 9.56. The molecule has 3 unspecified atom stereocenters. The molecule has 3 saturated heterocycles. The fraction of sp³-hybridized carbons (Fsp3) is 0.619. The third-order valence-corrected chi connectivity index (χ3v) is 6.47. The van der Waals surface area contributed by atoms with Crippen molar-refractivity contribution < 1.29 is 9.59 Å². The summed E-state index contributed by atoms with van der Waals surface area (Å²) in [5.74, 6) is -0.0189. The standard InChI is InChI=1S/C21H29N3O2.ClH/c1-3-14-4-8-18(9-5-14)24-13-15(10-20(24)25)21(26)23(2)19-11-16-6-7-17(12-19)22-16;/h4-5,8-9,15-17,19,22H,3,6-7,10-13H2,1-2H3;1H. The van der Waals surface area contributed by atoms with Crippen molar-refractivity contribution in [2.24, 2.45) is 5.92 Å². The molecule has 3 aliphatic rings. The minimum atomic E-state index is -0.217. The Kier molecular flexibility index (Phi) is 6.11. The first-order valence-corrected chi connectivity index (χ1v) is 9.97. The molecule has 4 rings (SSSR count). The molecule has 27 heavy (non-hydrogen) atoms. The highest BCUT2D eigenvalue weighted by atomic mass is 35.5. The van der Waals surface area contributed by atoms with Crippen molar-refractivity contribution in [3.05, 3.63) is 29.8 Å². The zero-order valence-corrected chi connectivity index (χ0v) is 17.0. The maximum absolute atomic E-state index is 13.0. The monoisotopic (exact) mass is 391 g/mol. The van der Waals surface area contributed by atoms with Crippen LogP contribution in [-0.4, -0.2) is 48.4 Å². The van der Waals surface area contributed by atoms with E-state index in [0.29, 0.717) is 31.1 Å². The Morgan fingerprint density at radius 2 is 1.81 bits per heavy atom. The molecule has 3 aliphatic heterocycles. The molecule has 6 heteroatoms. The highest BCUT2D eigenvalue weighted by Gasteiger charge is 2.41. The molecule has 0 saturated carbocycles. The number of carbonyl (C=O) groups is 2. The Labute approximate surface area is 167 Å². The number of amides is 2. The van der Waals surface area contributed by atoms with E-state index in [0.717, 1.165) is 24.9 Å². The number of hydrogen-bond donors (Lipinski definition) is 1. The Balaban J connectivity index is 0.00000210. The van der Waals surface area contributed by atoms with Crippen LogP contribution in [0, 0.1) is 5.92 Å². The summed E-state index contributed by atoms with van der Waals surface area (Å²) in [6.07, 6.45) is 5.86. The number of fused-ring (bicyclic) bond motifs is 2. The zero-order valence-electron chi connectivity index (χ0n) is 16.2. The third kappa shape index (κ3) is 3.99. The van der Waals surface area contributed by atoms with E-state index in [9.17, 15) is 9.59 Å². The zero-order chi connectivity index (χ0) is 18.3. The molecule has 0 aliphatic carbocycles. The van der Waals surface area contributed by atoms with Crippen LogP contribution in [0.15, 0.2) is 24.3 Å². The summed E-state index contributed by atoms with van der Waals surface area (Å²) in [5, 5.41) is 3.63. The summed E-state index contributed by atoms with van der Waals surface area (Å²) < 4.78 is 0. The summed E-state index contributed by atoms with van der Waals surface area (Å²) in [7, 11) is 1.93. The van der Waals surface area contributed by atoms with Gasteiger partial charge >= 0.3 is 0 Å². The predicted molar refractivity (Wildman–Crippen MR) is 109 cm³/mol. The fourth-order valence-electron chi connectivity index (χ4n) is 4.85. The normalized spacial score (nSPS) is 29.6. The lowest BCUT2D eigenvalue weighted by molar-refractivity contribution is -0.137. The van der Waals surface area contributed by atoms with Gasteiger partial charge in [-0.25, -0.2) is 0 Å². The molecule has 0 aromatic heterocycles. The number of anilines is 1. The van der Waals surface area contributed by atoms with E-state index in [1.807, 2.05) is 24.1 Å². The molecular weight excluding hydrogens is 362 g/mol. The molecule has 1 aromatic carbocycles. The van der Waals surface area contributed by atoms with Crippen LogP contribution in [0.3, 0.4) is 0 Å². The molecule has 2 amide bonds. The van der Waals surface area contributed by atoms with Crippen LogP contribution >= 0.6 is 12.4 Å². The van der Waals surface area contributed by atoms with Gasteiger partial charge in [-0.2, -0.15) is 0 Å². The summed E-state index contributed by atoms with van der Waals surface area (Å²) in [6.45, 7) is 2.62. The molecule has 148 valence electrons. The second-order valence-corrected chi connectivity index (χ2v) is 8.14. The van der Waals surface area contributed by atoms with Gasteiger partial charge < -0.3 is 15.1 Å². The Morgan fingerprint density at radius 3 is 2.41 bits per heavy atom. The second kappa shape index (κ2) is 8.19. The SMILES string of the molecule is CCc1ccc(N2CC(C(=O)N(C)C3CC4CCC(C3)N4)CC2=O)cc1.Cl. The minimum absolute atomic E-state index is 0. The molecule has 2 bridgehead atoms. The first kappa shape index (κ1) is 20.2. The van der Waals surface area contributed by atoms with Gasteiger partial charge in [-0.1, -0.05) is 19.1 Å². The second-order valence-electron chi connectivity index (χ2n) is 8.14. The molecule has 5 nitrogen and oxygen atoms in total. The molecular formula is C21H30ClN3O2. The highest BCUT2D eigenvalue weighted by Crippen LogP contribution is 2.32. The first-order valence-electron chi connectivity index (χ1n) is 9.97. The van der Waals surface area contributed by atoms with Crippen LogP contribution in [-0.2, 0) is 16.0 Å². The lowest BCUT2D eigenvalue weighted by Crippen LogP contribution is -2.50. The van der Waals surface area contributed by atoms with E-state index in [-0.39, 0.29) is 30.1 Å². The molecule has 0 radical (unpaired) electrons. The lowest BCUT2D eigenvalue weighted by atomic mass is 9.97. The average Bonchev–Trinajstić information content (AvgIpc) is 3.22. The van der Waals surface area contributed by atoms with Gasteiger partial charge in [0.25, 0.3) is 0 Å². The fourth-order valence-corrected chi connectivity index (χ4v) is 4.85. The number of piperidine rings is 1. The Hall–Kier alpha value is -1.59. The number of hydrogen-bond acceptors (Lipinski definition) is 3. The van der Waals surface area contributed by atoms with Gasteiger partial charge in [0.15, 0.2) is 0 Å². The Bertz CT molecular complexity index is 681. The average molecular weight is 392 g/mol. The van der Waals surface area contributed by atoms with Crippen molar-refractivity contribution in [3.63, 3.8) is 0 Å². The van der Waals surface area contributed by atoms with Gasteiger partial charge in [-0.15, -0.1) is 12.4 Å². The van der Waals surface area contributed by atoms with Crippen LogP contribution in [0.25, 0.3) is 0 Å².